The molecule has 0 N–H and O–H groups in total. The predicted octanol–water partition coefficient (Wildman–Crippen LogP) is 2.41. The predicted molar refractivity (Wildman–Crippen MR) is 82.2 cm³/mol. The first-order valence-corrected chi connectivity index (χ1v) is 8.97. The summed E-state index contributed by atoms with van der Waals surface area (Å²) in [6, 6.07) is 0. The Morgan fingerprint density at radius 2 is 2.14 bits per heavy atom. The Kier molecular flexibility index (Phi) is 3.37. The molecule has 6 atom stereocenters. The Bertz CT molecular complexity index is 503. The van der Waals surface area contributed by atoms with Crippen LogP contribution in [0.2, 0.25) is 0 Å². The number of esters is 1. The summed E-state index contributed by atoms with van der Waals surface area (Å²) in [6.45, 7) is 5.96. The van der Waals surface area contributed by atoms with Crippen LogP contribution in [0.15, 0.2) is 0 Å². The van der Waals surface area contributed by atoms with Gasteiger partial charge in [-0.25, -0.2) is 0 Å². The minimum atomic E-state index is -0.162. The highest BCUT2D eigenvalue weighted by atomic mass is 16.5. The van der Waals surface area contributed by atoms with E-state index in [-0.39, 0.29) is 23.5 Å². The second kappa shape index (κ2) is 5.05. The van der Waals surface area contributed by atoms with E-state index in [9.17, 15) is 9.59 Å². The summed E-state index contributed by atoms with van der Waals surface area (Å²) in [5.74, 6) is 1.98. The number of piperidine rings is 2. The molecule has 4 nitrogen and oxygen atoms in total. The van der Waals surface area contributed by atoms with Gasteiger partial charge in [0.1, 0.15) is 11.9 Å². The highest BCUT2D eigenvalue weighted by Crippen LogP contribution is 2.59. The van der Waals surface area contributed by atoms with Crippen molar-refractivity contribution in [2.24, 2.45) is 23.7 Å². The number of nitrogens with zero attached hydrogens (tertiary/aromatic N) is 1. The molecule has 122 valence electrons. The summed E-state index contributed by atoms with van der Waals surface area (Å²) in [7, 11) is 0. The van der Waals surface area contributed by atoms with Crippen molar-refractivity contribution in [1.29, 1.82) is 0 Å². The van der Waals surface area contributed by atoms with Crippen LogP contribution in [-0.4, -0.2) is 41.4 Å². The van der Waals surface area contributed by atoms with E-state index < -0.39 is 0 Å². The first-order chi connectivity index (χ1) is 10.5. The van der Waals surface area contributed by atoms with Gasteiger partial charge in [0.25, 0.3) is 0 Å². The van der Waals surface area contributed by atoms with Gasteiger partial charge >= 0.3 is 5.97 Å². The fourth-order valence-electron chi connectivity index (χ4n) is 6.53. The number of ether oxygens (including phenoxy) is 1. The standard InChI is InChI=1S/C18H27NO3/c1-11-8-13-9-15(21)14-4-3-6-19-7-5-16(22-12(2)20)17(13)18(14,19)10-11/h11,13-14,16-17H,3-10H2,1-2H3. The molecule has 2 heterocycles. The first-order valence-electron chi connectivity index (χ1n) is 8.97. The van der Waals surface area contributed by atoms with Gasteiger partial charge in [0, 0.05) is 37.3 Å². The number of Topliss-reactive ketones (excluding diaryl/α,β-unsaturated/α-hetero) is 1. The Balaban J connectivity index is 1.78. The van der Waals surface area contributed by atoms with Crippen molar-refractivity contribution in [2.45, 2.75) is 64.0 Å². The van der Waals surface area contributed by atoms with E-state index in [2.05, 4.69) is 11.8 Å². The van der Waals surface area contributed by atoms with Gasteiger partial charge in [0.05, 0.1) is 0 Å². The maximum absolute atomic E-state index is 12.8. The van der Waals surface area contributed by atoms with Crippen LogP contribution in [0.5, 0.6) is 0 Å². The first kappa shape index (κ1) is 14.7. The van der Waals surface area contributed by atoms with Crippen LogP contribution >= 0.6 is 0 Å². The lowest BCUT2D eigenvalue weighted by Gasteiger charge is -2.67. The zero-order valence-corrected chi connectivity index (χ0v) is 13.7. The summed E-state index contributed by atoms with van der Waals surface area (Å²) in [6.07, 6.45) is 6.10. The molecule has 0 amide bonds. The largest absolute Gasteiger partial charge is 0.462 e. The molecule has 22 heavy (non-hydrogen) atoms. The van der Waals surface area contributed by atoms with Crippen LogP contribution in [0.4, 0.5) is 0 Å². The zero-order valence-electron chi connectivity index (χ0n) is 13.7. The van der Waals surface area contributed by atoms with Crippen LogP contribution in [0.25, 0.3) is 0 Å². The summed E-state index contributed by atoms with van der Waals surface area (Å²) in [4.78, 5) is 27.0. The van der Waals surface area contributed by atoms with Gasteiger partial charge in [-0.3, -0.25) is 14.5 Å². The van der Waals surface area contributed by atoms with Gasteiger partial charge < -0.3 is 4.74 Å². The third kappa shape index (κ3) is 1.92. The molecule has 4 heteroatoms. The number of carbonyl (C=O) groups excluding carboxylic acids is 2. The van der Waals surface area contributed by atoms with Crippen molar-refractivity contribution in [1.82, 2.24) is 4.90 Å². The molecule has 2 saturated heterocycles. The van der Waals surface area contributed by atoms with Crippen molar-refractivity contribution in [3.63, 3.8) is 0 Å². The van der Waals surface area contributed by atoms with Gasteiger partial charge in [-0.1, -0.05) is 6.92 Å². The zero-order chi connectivity index (χ0) is 15.5. The van der Waals surface area contributed by atoms with Crippen LogP contribution in [0.1, 0.15) is 52.4 Å². The van der Waals surface area contributed by atoms with Gasteiger partial charge in [-0.15, -0.1) is 0 Å². The topological polar surface area (TPSA) is 46.6 Å². The second-order valence-electron chi connectivity index (χ2n) is 8.11. The Hall–Kier alpha value is -0.900. The smallest absolute Gasteiger partial charge is 0.302 e. The average molecular weight is 305 g/mol. The number of ketones is 1. The molecule has 2 saturated carbocycles. The van der Waals surface area contributed by atoms with Crippen molar-refractivity contribution in [3.8, 4) is 0 Å². The Labute approximate surface area is 132 Å². The average Bonchev–Trinajstić information content (AvgIpc) is 2.43. The fourth-order valence-corrected chi connectivity index (χ4v) is 6.53. The monoisotopic (exact) mass is 305 g/mol. The highest BCUT2D eigenvalue weighted by Gasteiger charge is 2.65. The van der Waals surface area contributed by atoms with Crippen LogP contribution in [-0.2, 0) is 14.3 Å². The molecule has 4 fully saturated rings. The molecule has 2 aliphatic carbocycles. The number of hydrogen-bond acceptors (Lipinski definition) is 4. The Morgan fingerprint density at radius 3 is 2.91 bits per heavy atom. The minimum Gasteiger partial charge on any atom is -0.462 e. The van der Waals surface area contributed by atoms with Crippen molar-refractivity contribution < 1.29 is 14.3 Å². The number of hydrogen-bond donors (Lipinski definition) is 0. The van der Waals surface area contributed by atoms with Crippen LogP contribution in [0.3, 0.4) is 0 Å². The van der Waals surface area contributed by atoms with Gasteiger partial charge in [-0.05, 0) is 50.5 Å². The van der Waals surface area contributed by atoms with E-state index in [0.29, 0.717) is 30.0 Å². The summed E-state index contributed by atoms with van der Waals surface area (Å²) in [5, 5.41) is 0. The molecule has 0 radical (unpaired) electrons. The van der Waals surface area contributed by atoms with E-state index in [1.165, 1.54) is 6.92 Å². The molecule has 2 bridgehead atoms. The summed E-state index contributed by atoms with van der Waals surface area (Å²) in [5.41, 5.74) is -0.00567. The van der Waals surface area contributed by atoms with Crippen molar-refractivity contribution in [2.75, 3.05) is 13.1 Å². The molecule has 0 aromatic rings. The molecule has 6 unspecified atom stereocenters. The third-order valence-electron chi connectivity index (χ3n) is 6.83. The van der Waals surface area contributed by atoms with Crippen LogP contribution in [0, 0.1) is 23.7 Å². The Morgan fingerprint density at radius 1 is 1.32 bits per heavy atom. The van der Waals surface area contributed by atoms with E-state index in [4.69, 9.17) is 4.74 Å². The van der Waals surface area contributed by atoms with Crippen molar-refractivity contribution >= 4 is 11.8 Å². The molecule has 1 spiro atoms. The summed E-state index contributed by atoms with van der Waals surface area (Å²) >= 11 is 0. The molecular formula is C18H27NO3. The lowest BCUT2D eigenvalue weighted by atomic mass is 9.48. The lowest BCUT2D eigenvalue weighted by Crippen LogP contribution is -2.74. The molecule has 2 aliphatic heterocycles. The molecular weight excluding hydrogens is 278 g/mol. The highest BCUT2D eigenvalue weighted by molar-refractivity contribution is 5.84. The quantitative estimate of drug-likeness (QED) is 0.698. The van der Waals surface area contributed by atoms with Gasteiger partial charge in [0.2, 0.25) is 0 Å². The number of rotatable bonds is 1. The van der Waals surface area contributed by atoms with Gasteiger partial charge in [-0.2, -0.15) is 0 Å². The maximum Gasteiger partial charge on any atom is 0.302 e. The van der Waals surface area contributed by atoms with E-state index in [1.807, 2.05) is 0 Å². The number of carbonyl (C=O) groups is 2. The molecule has 0 aromatic heterocycles. The van der Waals surface area contributed by atoms with Crippen LogP contribution < -0.4 is 0 Å². The van der Waals surface area contributed by atoms with E-state index in [0.717, 1.165) is 45.2 Å². The molecule has 4 aliphatic rings. The van der Waals surface area contributed by atoms with Gasteiger partial charge in [0.15, 0.2) is 0 Å². The maximum atomic E-state index is 12.8. The normalized spacial score (nSPS) is 47.7. The SMILES string of the molecule is CC(=O)OC1CCN2CCCC3C(=O)CC4CC(C)CC32C41. The fraction of sp³-hybridized carbons (Fsp3) is 0.889. The van der Waals surface area contributed by atoms with Crippen molar-refractivity contribution in [3.05, 3.63) is 0 Å². The molecule has 4 rings (SSSR count). The summed E-state index contributed by atoms with van der Waals surface area (Å²) < 4.78 is 5.75. The minimum absolute atomic E-state index is 0.00567. The van der Waals surface area contributed by atoms with E-state index in [1.54, 1.807) is 0 Å². The van der Waals surface area contributed by atoms with E-state index >= 15 is 0 Å². The second-order valence-corrected chi connectivity index (χ2v) is 8.11. The third-order valence-corrected chi connectivity index (χ3v) is 6.83. The molecule has 0 aromatic carbocycles. The lowest BCUT2D eigenvalue weighted by molar-refractivity contribution is -0.206.